The molecule has 0 bridgehead atoms. The second-order valence-electron chi connectivity index (χ2n) is 2.14. The van der Waals surface area contributed by atoms with Gasteiger partial charge in [0.25, 0.3) is 0 Å². The van der Waals surface area contributed by atoms with Gasteiger partial charge in [0.2, 0.25) is 0 Å². The largest absolute Gasteiger partial charge is 0.464 e. The van der Waals surface area contributed by atoms with Crippen LogP contribution in [0.4, 0.5) is 0 Å². The van der Waals surface area contributed by atoms with Gasteiger partial charge in [-0.3, -0.25) is 0 Å². The first-order chi connectivity index (χ1) is 5.65. The van der Waals surface area contributed by atoms with Crippen LogP contribution in [-0.4, -0.2) is 23.0 Å². The summed E-state index contributed by atoms with van der Waals surface area (Å²) in [6.07, 6.45) is 1.47. The van der Waals surface area contributed by atoms with Crippen LogP contribution in [-0.2, 0) is 4.74 Å². The zero-order valence-corrected chi connectivity index (χ0v) is 7.63. The SMILES string of the molecule is COC(=O)c1nc(C)ncc1S. The molecule has 0 aliphatic carbocycles. The minimum absolute atomic E-state index is 0.202. The van der Waals surface area contributed by atoms with E-state index in [4.69, 9.17) is 0 Å². The van der Waals surface area contributed by atoms with Crippen molar-refractivity contribution in [2.45, 2.75) is 11.8 Å². The van der Waals surface area contributed by atoms with E-state index in [-0.39, 0.29) is 5.69 Å². The van der Waals surface area contributed by atoms with Gasteiger partial charge in [0.05, 0.1) is 12.0 Å². The molecule has 0 saturated heterocycles. The number of esters is 1. The molecule has 1 rings (SSSR count). The molecule has 12 heavy (non-hydrogen) atoms. The molecular weight excluding hydrogens is 176 g/mol. The smallest absolute Gasteiger partial charge is 0.357 e. The molecule has 0 aliphatic rings. The Bertz CT molecular complexity index is 314. The molecule has 0 saturated carbocycles. The number of nitrogens with zero attached hydrogens (tertiary/aromatic N) is 2. The van der Waals surface area contributed by atoms with E-state index in [9.17, 15) is 4.79 Å². The summed E-state index contributed by atoms with van der Waals surface area (Å²) in [7, 11) is 1.30. The van der Waals surface area contributed by atoms with E-state index in [2.05, 4.69) is 27.3 Å². The Morgan fingerprint density at radius 3 is 2.92 bits per heavy atom. The van der Waals surface area contributed by atoms with Crippen LogP contribution in [0.1, 0.15) is 16.3 Å². The standard InChI is InChI=1S/C7H8N2O2S/c1-4-8-3-5(12)6(9-4)7(10)11-2/h3,12H,1-2H3. The molecule has 5 heteroatoms. The van der Waals surface area contributed by atoms with Crippen molar-refractivity contribution >= 4 is 18.6 Å². The Balaban J connectivity index is 3.13. The third kappa shape index (κ3) is 1.73. The van der Waals surface area contributed by atoms with E-state index in [0.717, 1.165) is 0 Å². The number of carbonyl (C=O) groups excluding carboxylic acids is 1. The highest BCUT2D eigenvalue weighted by Gasteiger charge is 2.11. The van der Waals surface area contributed by atoms with E-state index < -0.39 is 5.97 Å². The van der Waals surface area contributed by atoms with Gasteiger partial charge in [-0.2, -0.15) is 0 Å². The normalized spacial score (nSPS) is 9.58. The third-order valence-corrected chi connectivity index (χ3v) is 1.60. The highest BCUT2D eigenvalue weighted by Crippen LogP contribution is 2.10. The van der Waals surface area contributed by atoms with Crippen molar-refractivity contribution in [1.82, 2.24) is 9.97 Å². The Labute approximate surface area is 75.4 Å². The maximum Gasteiger partial charge on any atom is 0.357 e. The lowest BCUT2D eigenvalue weighted by Crippen LogP contribution is -2.07. The van der Waals surface area contributed by atoms with Gasteiger partial charge in [-0.15, -0.1) is 12.6 Å². The Hall–Kier alpha value is -1.10. The maximum absolute atomic E-state index is 11.0. The van der Waals surface area contributed by atoms with Crippen LogP contribution in [0.2, 0.25) is 0 Å². The van der Waals surface area contributed by atoms with Crippen molar-refractivity contribution < 1.29 is 9.53 Å². The Morgan fingerprint density at radius 1 is 1.67 bits per heavy atom. The molecule has 0 aliphatic heterocycles. The lowest BCUT2D eigenvalue weighted by atomic mass is 10.4. The van der Waals surface area contributed by atoms with E-state index in [1.807, 2.05) is 0 Å². The summed E-state index contributed by atoms with van der Waals surface area (Å²) in [6.45, 7) is 1.69. The molecule has 4 nitrogen and oxygen atoms in total. The van der Waals surface area contributed by atoms with Gasteiger partial charge in [-0.05, 0) is 6.92 Å². The summed E-state index contributed by atoms with van der Waals surface area (Å²) in [6, 6.07) is 0. The average molecular weight is 184 g/mol. The lowest BCUT2D eigenvalue weighted by molar-refractivity contribution is 0.0589. The summed E-state index contributed by atoms with van der Waals surface area (Å²) in [5, 5.41) is 0. The highest BCUT2D eigenvalue weighted by molar-refractivity contribution is 7.80. The average Bonchev–Trinajstić information content (AvgIpc) is 2.08. The molecule has 1 heterocycles. The predicted octanol–water partition coefficient (Wildman–Crippen LogP) is 0.860. The topological polar surface area (TPSA) is 52.1 Å². The van der Waals surface area contributed by atoms with Crippen molar-refractivity contribution in [2.75, 3.05) is 7.11 Å². The molecule has 0 aromatic carbocycles. The van der Waals surface area contributed by atoms with E-state index in [0.29, 0.717) is 10.7 Å². The molecule has 1 aromatic heterocycles. The van der Waals surface area contributed by atoms with Crippen LogP contribution >= 0.6 is 12.6 Å². The Morgan fingerprint density at radius 2 is 2.33 bits per heavy atom. The van der Waals surface area contributed by atoms with Crippen molar-refractivity contribution in [1.29, 1.82) is 0 Å². The van der Waals surface area contributed by atoms with E-state index in [1.54, 1.807) is 6.92 Å². The van der Waals surface area contributed by atoms with Crippen molar-refractivity contribution in [3.63, 3.8) is 0 Å². The second-order valence-corrected chi connectivity index (χ2v) is 2.62. The van der Waals surface area contributed by atoms with Crippen LogP contribution in [0.15, 0.2) is 11.1 Å². The first-order valence-corrected chi connectivity index (χ1v) is 3.71. The number of thiol groups is 1. The lowest BCUT2D eigenvalue weighted by Gasteiger charge is -2.01. The summed E-state index contributed by atoms with van der Waals surface area (Å²) in [5.74, 6) is 0.0266. The number of hydrogen-bond acceptors (Lipinski definition) is 5. The number of carbonyl (C=O) groups is 1. The first kappa shape index (κ1) is 8.99. The number of methoxy groups -OCH3 is 1. The molecule has 0 amide bonds. The minimum atomic E-state index is -0.495. The zero-order chi connectivity index (χ0) is 9.14. The van der Waals surface area contributed by atoms with Crippen LogP contribution in [0.5, 0.6) is 0 Å². The van der Waals surface area contributed by atoms with Crippen LogP contribution in [0, 0.1) is 6.92 Å². The molecule has 0 spiro atoms. The quantitative estimate of drug-likeness (QED) is 0.519. The van der Waals surface area contributed by atoms with Gasteiger partial charge in [0.1, 0.15) is 5.82 Å². The van der Waals surface area contributed by atoms with Crippen LogP contribution in [0.3, 0.4) is 0 Å². The zero-order valence-electron chi connectivity index (χ0n) is 6.74. The van der Waals surface area contributed by atoms with E-state index in [1.165, 1.54) is 13.3 Å². The molecule has 1 aromatic rings. The summed E-state index contributed by atoms with van der Waals surface area (Å²) in [5.41, 5.74) is 0.202. The van der Waals surface area contributed by atoms with Crippen LogP contribution < -0.4 is 0 Å². The number of hydrogen-bond donors (Lipinski definition) is 1. The summed E-state index contributed by atoms with van der Waals surface area (Å²) in [4.78, 5) is 19.2. The van der Waals surface area contributed by atoms with Crippen molar-refractivity contribution in [2.24, 2.45) is 0 Å². The monoisotopic (exact) mass is 184 g/mol. The number of ether oxygens (including phenoxy) is 1. The second kappa shape index (κ2) is 3.53. The van der Waals surface area contributed by atoms with Gasteiger partial charge in [0, 0.05) is 6.20 Å². The summed E-state index contributed by atoms with van der Waals surface area (Å²) < 4.78 is 4.49. The predicted molar refractivity (Wildman–Crippen MR) is 45.4 cm³/mol. The van der Waals surface area contributed by atoms with Gasteiger partial charge in [-0.25, -0.2) is 14.8 Å². The van der Waals surface area contributed by atoms with Crippen LogP contribution in [0.25, 0.3) is 0 Å². The molecule has 0 N–H and O–H groups in total. The number of aromatic nitrogens is 2. The minimum Gasteiger partial charge on any atom is -0.464 e. The fourth-order valence-electron chi connectivity index (χ4n) is 0.711. The van der Waals surface area contributed by atoms with Crippen molar-refractivity contribution in [3.8, 4) is 0 Å². The third-order valence-electron chi connectivity index (χ3n) is 1.27. The van der Waals surface area contributed by atoms with Gasteiger partial charge in [-0.1, -0.05) is 0 Å². The van der Waals surface area contributed by atoms with E-state index >= 15 is 0 Å². The summed E-state index contributed by atoms with van der Waals surface area (Å²) >= 11 is 4.01. The van der Waals surface area contributed by atoms with Crippen molar-refractivity contribution in [3.05, 3.63) is 17.7 Å². The Kier molecular flexibility index (Phi) is 2.65. The first-order valence-electron chi connectivity index (χ1n) is 3.26. The molecular formula is C7H8N2O2S. The number of rotatable bonds is 1. The fraction of sp³-hybridized carbons (Fsp3) is 0.286. The van der Waals surface area contributed by atoms with Gasteiger partial charge < -0.3 is 4.74 Å². The number of aryl methyl sites for hydroxylation is 1. The maximum atomic E-state index is 11.0. The highest BCUT2D eigenvalue weighted by atomic mass is 32.1. The molecule has 0 fully saturated rings. The molecule has 0 atom stereocenters. The molecule has 0 radical (unpaired) electrons. The fourth-order valence-corrected chi connectivity index (χ4v) is 0.910. The molecule has 64 valence electrons. The molecule has 0 unspecified atom stereocenters. The van der Waals surface area contributed by atoms with Gasteiger partial charge in [0.15, 0.2) is 5.69 Å². The van der Waals surface area contributed by atoms with Gasteiger partial charge >= 0.3 is 5.97 Å².